The fourth-order valence-corrected chi connectivity index (χ4v) is 3.72. The number of aliphatic hydroxyl groups excluding tert-OH is 1. The summed E-state index contributed by atoms with van der Waals surface area (Å²) in [6.45, 7) is 4.64. The van der Waals surface area contributed by atoms with Crippen molar-refractivity contribution in [1.29, 1.82) is 0 Å². The van der Waals surface area contributed by atoms with Crippen molar-refractivity contribution in [1.82, 2.24) is 4.90 Å². The van der Waals surface area contributed by atoms with E-state index < -0.39 is 0 Å². The van der Waals surface area contributed by atoms with E-state index in [9.17, 15) is 5.11 Å². The second-order valence-electron chi connectivity index (χ2n) is 5.91. The number of fused-ring (bicyclic) bond motifs is 1. The smallest absolute Gasteiger partial charge is 0.0601 e. The molecule has 1 saturated heterocycles. The van der Waals surface area contributed by atoms with Crippen LogP contribution in [0.15, 0.2) is 0 Å². The molecule has 2 rings (SSSR count). The van der Waals surface area contributed by atoms with Gasteiger partial charge in [0.2, 0.25) is 0 Å². The molecule has 1 aliphatic heterocycles. The molecule has 2 fully saturated rings. The summed E-state index contributed by atoms with van der Waals surface area (Å²) in [6.07, 6.45) is 7.92. The first-order chi connectivity index (χ1) is 8.26. The Hall–Kier alpha value is -0.120. The van der Waals surface area contributed by atoms with Gasteiger partial charge in [-0.15, -0.1) is 0 Å². The summed E-state index contributed by atoms with van der Waals surface area (Å²) in [5.74, 6) is 1.83. The highest BCUT2D eigenvalue weighted by atomic mass is 16.3. The van der Waals surface area contributed by atoms with Crippen molar-refractivity contribution >= 4 is 0 Å². The molecule has 0 aromatic carbocycles. The summed E-state index contributed by atoms with van der Waals surface area (Å²) in [4.78, 5) is 2.46. The molecule has 2 aliphatic rings. The van der Waals surface area contributed by atoms with Crippen molar-refractivity contribution in [2.75, 3.05) is 19.7 Å². The SMILES string of the molecule is CCC(N)C(CO)N1CCC2CCCCC2C1. The molecule has 0 amide bonds. The van der Waals surface area contributed by atoms with Gasteiger partial charge in [-0.3, -0.25) is 4.90 Å². The predicted octanol–water partition coefficient (Wildman–Crippen LogP) is 1.60. The van der Waals surface area contributed by atoms with Crippen LogP contribution in [0.4, 0.5) is 0 Å². The maximum absolute atomic E-state index is 9.55. The van der Waals surface area contributed by atoms with Gasteiger partial charge in [0.25, 0.3) is 0 Å². The van der Waals surface area contributed by atoms with Crippen LogP contribution >= 0.6 is 0 Å². The van der Waals surface area contributed by atoms with Gasteiger partial charge < -0.3 is 10.8 Å². The number of hydrogen-bond donors (Lipinski definition) is 2. The van der Waals surface area contributed by atoms with Gasteiger partial charge in [0.1, 0.15) is 0 Å². The van der Waals surface area contributed by atoms with E-state index in [1.807, 2.05) is 0 Å². The molecule has 3 heteroatoms. The molecule has 0 bridgehead atoms. The normalized spacial score (nSPS) is 34.1. The van der Waals surface area contributed by atoms with Gasteiger partial charge in [-0.25, -0.2) is 0 Å². The van der Waals surface area contributed by atoms with Gasteiger partial charge in [0.15, 0.2) is 0 Å². The van der Waals surface area contributed by atoms with Gasteiger partial charge in [0, 0.05) is 18.6 Å². The molecule has 0 aromatic rings. The van der Waals surface area contributed by atoms with Crippen LogP contribution in [-0.4, -0.2) is 41.8 Å². The van der Waals surface area contributed by atoms with Crippen molar-refractivity contribution in [2.24, 2.45) is 17.6 Å². The first-order valence-electron chi connectivity index (χ1n) is 7.36. The number of rotatable bonds is 4. The van der Waals surface area contributed by atoms with E-state index in [0.29, 0.717) is 0 Å². The van der Waals surface area contributed by atoms with Crippen LogP contribution in [0.25, 0.3) is 0 Å². The standard InChI is InChI=1S/C14H28N2O/c1-2-13(15)14(10-17)16-8-7-11-5-3-4-6-12(11)9-16/h11-14,17H,2-10,15H2,1H3. The van der Waals surface area contributed by atoms with Crippen LogP contribution in [0.5, 0.6) is 0 Å². The van der Waals surface area contributed by atoms with Crippen molar-refractivity contribution in [3.8, 4) is 0 Å². The lowest BCUT2D eigenvalue weighted by Crippen LogP contribution is -2.54. The minimum absolute atomic E-state index is 0.125. The number of aliphatic hydroxyl groups is 1. The van der Waals surface area contributed by atoms with Gasteiger partial charge in [0.05, 0.1) is 6.61 Å². The molecule has 4 atom stereocenters. The zero-order chi connectivity index (χ0) is 12.3. The second kappa shape index (κ2) is 6.17. The molecule has 100 valence electrons. The lowest BCUT2D eigenvalue weighted by atomic mass is 9.74. The summed E-state index contributed by atoms with van der Waals surface area (Å²) >= 11 is 0. The molecule has 4 unspecified atom stereocenters. The largest absolute Gasteiger partial charge is 0.395 e. The van der Waals surface area contributed by atoms with Crippen molar-refractivity contribution in [3.63, 3.8) is 0 Å². The molecular formula is C14H28N2O. The van der Waals surface area contributed by atoms with E-state index in [1.165, 1.54) is 38.6 Å². The third kappa shape index (κ3) is 3.01. The van der Waals surface area contributed by atoms with E-state index in [4.69, 9.17) is 5.73 Å². The highest BCUT2D eigenvalue weighted by molar-refractivity contribution is 4.89. The van der Waals surface area contributed by atoms with Crippen LogP contribution in [0.1, 0.15) is 45.4 Å². The first kappa shape index (κ1) is 13.3. The molecule has 0 radical (unpaired) electrons. The summed E-state index contributed by atoms with van der Waals surface area (Å²) in [6, 6.07) is 0.308. The Morgan fingerprint density at radius 3 is 2.59 bits per heavy atom. The number of nitrogens with zero attached hydrogens (tertiary/aromatic N) is 1. The Bertz CT molecular complexity index is 234. The third-order valence-electron chi connectivity index (χ3n) is 4.94. The topological polar surface area (TPSA) is 49.5 Å². The van der Waals surface area contributed by atoms with Crippen LogP contribution in [0.3, 0.4) is 0 Å². The molecule has 17 heavy (non-hydrogen) atoms. The van der Waals surface area contributed by atoms with E-state index in [0.717, 1.165) is 24.8 Å². The monoisotopic (exact) mass is 240 g/mol. The number of piperidine rings is 1. The molecule has 3 nitrogen and oxygen atoms in total. The lowest BCUT2D eigenvalue weighted by Gasteiger charge is -2.45. The maximum atomic E-state index is 9.55. The van der Waals surface area contributed by atoms with E-state index in [-0.39, 0.29) is 18.7 Å². The Morgan fingerprint density at radius 1 is 1.24 bits per heavy atom. The van der Waals surface area contributed by atoms with Gasteiger partial charge in [-0.2, -0.15) is 0 Å². The molecule has 3 N–H and O–H groups in total. The molecule has 1 saturated carbocycles. The van der Waals surface area contributed by atoms with Crippen molar-refractivity contribution < 1.29 is 5.11 Å². The minimum Gasteiger partial charge on any atom is -0.395 e. The van der Waals surface area contributed by atoms with Gasteiger partial charge >= 0.3 is 0 Å². The highest BCUT2D eigenvalue weighted by Crippen LogP contribution is 2.36. The van der Waals surface area contributed by atoms with E-state index in [1.54, 1.807) is 0 Å². The number of nitrogens with two attached hydrogens (primary N) is 1. The number of hydrogen-bond acceptors (Lipinski definition) is 3. The van der Waals surface area contributed by atoms with E-state index >= 15 is 0 Å². The van der Waals surface area contributed by atoms with Crippen LogP contribution in [-0.2, 0) is 0 Å². The summed E-state index contributed by atoms with van der Waals surface area (Å²) in [5, 5.41) is 9.55. The predicted molar refractivity (Wildman–Crippen MR) is 70.8 cm³/mol. The average Bonchev–Trinajstić information content (AvgIpc) is 2.39. The van der Waals surface area contributed by atoms with Crippen molar-refractivity contribution in [3.05, 3.63) is 0 Å². The number of likely N-dealkylation sites (tertiary alicyclic amines) is 1. The first-order valence-corrected chi connectivity index (χ1v) is 7.36. The zero-order valence-electron chi connectivity index (χ0n) is 11.1. The Morgan fingerprint density at radius 2 is 1.94 bits per heavy atom. The average molecular weight is 240 g/mol. The maximum Gasteiger partial charge on any atom is 0.0601 e. The summed E-state index contributed by atoms with van der Waals surface area (Å²) in [5.41, 5.74) is 6.12. The lowest BCUT2D eigenvalue weighted by molar-refractivity contribution is 0.0250. The molecule has 1 aliphatic carbocycles. The van der Waals surface area contributed by atoms with Crippen LogP contribution in [0.2, 0.25) is 0 Å². The third-order valence-corrected chi connectivity index (χ3v) is 4.94. The van der Waals surface area contributed by atoms with Crippen LogP contribution in [0, 0.1) is 11.8 Å². The Labute approximate surface area is 105 Å². The Kier molecular flexibility index (Phi) is 4.83. The summed E-state index contributed by atoms with van der Waals surface area (Å²) < 4.78 is 0. The molecule has 1 heterocycles. The highest BCUT2D eigenvalue weighted by Gasteiger charge is 2.34. The molecular weight excluding hydrogens is 212 g/mol. The van der Waals surface area contributed by atoms with E-state index in [2.05, 4.69) is 11.8 Å². The van der Waals surface area contributed by atoms with Gasteiger partial charge in [-0.1, -0.05) is 26.2 Å². The minimum atomic E-state index is 0.125. The zero-order valence-corrected chi connectivity index (χ0v) is 11.1. The van der Waals surface area contributed by atoms with Crippen LogP contribution < -0.4 is 5.73 Å². The fraction of sp³-hybridized carbons (Fsp3) is 1.00. The van der Waals surface area contributed by atoms with Gasteiger partial charge in [-0.05, 0) is 37.6 Å². The summed E-state index contributed by atoms with van der Waals surface area (Å²) in [7, 11) is 0. The Balaban J connectivity index is 1.93. The quantitative estimate of drug-likeness (QED) is 0.784. The fourth-order valence-electron chi connectivity index (χ4n) is 3.72. The molecule has 0 spiro atoms. The molecule has 0 aromatic heterocycles. The van der Waals surface area contributed by atoms with Crippen molar-refractivity contribution in [2.45, 2.75) is 57.5 Å². The second-order valence-corrected chi connectivity index (χ2v) is 5.91.